The fourth-order valence-electron chi connectivity index (χ4n) is 12.8. The van der Waals surface area contributed by atoms with E-state index in [1.54, 1.807) is 0 Å². The van der Waals surface area contributed by atoms with Gasteiger partial charge in [0, 0.05) is 12.8 Å². The molecular weight excluding hydrogens is 1100 g/mol. The lowest BCUT2D eigenvalue weighted by Gasteiger charge is -2.45. The van der Waals surface area contributed by atoms with E-state index in [1.165, 1.54) is 123 Å². The van der Waals surface area contributed by atoms with E-state index in [0.717, 1.165) is 80.9 Å². The molecule has 0 unspecified atom stereocenters. The summed E-state index contributed by atoms with van der Waals surface area (Å²) < 4.78 is 19.5. The van der Waals surface area contributed by atoms with Crippen molar-refractivity contribution in [2.24, 2.45) is 11.3 Å². The Kier molecular flexibility index (Phi) is 37.4. The van der Waals surface area contributed by atoms with Crippen molar-refractivity contribution in [3.63, 3.8) is 0 Å². The molecule has 0 spiro atoms. The van der Waals surface area contributed by atoms with Gasteiger partial charge in [0.1, 0.15) is 0 Å². The highest BCUT2D eigenvalue weighted by Crippen LogP contribution is 2.45. The fraction of sp³-hybridized carbons (Fsp3) is 0.700. The van der Waals surface area contributed by atoms with Gasteiger partial charge in [0.2, 0.25) is 8.32 Å². The van der Waals surface area contributed by atoms with Crippen LogP contribution in [0.4, 0.5) is 0 Å². The third-order valence-electron chi connectivity index (χ3n) is 18.9. The molecule has 1 saturated heterocycles. The van der Waals surface area contributed by atoms with E-state index in [-0.39, 0.29) is 24.4 Å². The summed E-state index contributed by atoms with van der Waals surface area (Å²) in [6.45, 7) is 50.3. The number of aliphatic hydroxyl groups is 3. The van der Waals surface area contributed by atoms with Crippen molar-refractivity contribution in [2.75, 3.05) is 0 Å². The van der Waals surface area contributed by atoms with Gasteiger partial charge in [-0.3, -0.25) is 0 Å². The maximum atomic E-state index is 10.2. The standard InChI is InChI=1S/C31H48O3.C30H51BO2.C19H36OSi/c1-5-6-7-8-11-16-26(18-19-27-22-29(32)23-30(33)24(27)2)28-17-13-15-25(21-28)14-10-9-12-20-31(3,4)34;1-9-10-11-12-15-20-27(24-31-32-29(5,6)30(7,8)33-31)26-21-17-19-25(23-26)18-14-13-16-22-28(2,3)4;1-11-12-18(10)13-19(14(2)3)20-21(15(4)5,16(6)7)17(8)9/h13,15,17-19,21,29-30,32-34H,2,5-12,14,16,20,22-23H2,1,3-4H3;17,19,21,23-24H,9-16,18,20,22H2,1-8H3;1,15-19H,2,12-13H2,3-10H3/b26-18+,27-19-;27-24+;/t29-,30+;;18-,19+/m1.1/s1. The van der Waals surface area contributed by atoms with Gasteiger partial charge >= 0.3 is 7.12 Å². The zero-order valence-corrected chi connectivity index (χ0v) is 61.4. The summed E-state index contributed by atoms with van der Waals surface area (Å²) in [4.78, 5) is 0. The Labute approximate surface area is 545 Å². The zero-order valence-electron chi connectivity index (χ0n) is 60.4. The zero-order chi connectivity index (χ0) is 66.3. The van der Waals surface area contributed by atoms with Gasteiger partial charge in [0.05, 0.1) is 35.1 Å². The Balaban J connectivity index is 0.000000464. The molecule has 1 heterocycles. The van der Waals surface area contributed by atoms with Gasteiger partial charge in [-0.15, -0.1) is 12.3 Å². The van der Waals surface area contributed by atoms with Gasteiger partial charge in [0.25, 0.3) is 0 Å². The Morgan fingerprint density at radius 1 is 0.716 bits per heavy atom. The molecule has 0 amide bonds. The molecule has 0 bridgehead atoms. The summed E-state index contributed by atoms with van der Waals surface area (Å²) in [6, 6.07) is 18.1. The lowest BCUT2D eigenvalue weighted by atomic mass is 9.82. The molecule has 2 aromatic carbocycles. The van der Waals surface area contributed by atoms with Crippen LogP contribution in [0.3, 0.4) is 0 Å². The highest BCUT2D eigenvalue weighted by molar-refractivity contribution is 6.77. The molecule has 3 N–H and O–H groups in total. The normalized spacial score (nSPS) is 18.5. The maximum absolute atomic E-state index is 10.2. The average molecular weight is 1230 g/mol. The van der Waals surface area contributed by atoms with Gasteiger partial charge in [-0.25, -0.2) is 0 Å². The number of aliphatic hydroxyl groups excluding tert-OH is 2. The predicted molar refractivity (Wildman–Crippen MR) is 388 cm³/mol. The smallest absolute Gasteiger partial charge is 0.409 e. The van der Waals surface area contributed by atoms with Gasteiger partial charge in [0.15, 0.2) is 0 Å². The van der Waals surface area contributed by atoms with Crippen molar-refractivity contribution in [2.45, 2.75) is 350 Å². The Hall–Kier alpha value is -3.26. The van der Waals surface area contributed by atoms with Crippen LogP contribution in [0, 0.1) is 23.7 Å². The molecular formula is C80H135BO6Si. The first-order valence-electron chi connectivity index (χ1n) is 35.4. The summed E-state index contributed by atoms with van der Waals surface area (Å²) in [5, 5.41) is 30.2. The van der Waals surface area contributed by atoms with Crippen LogP contribution in [0.1, 0.15) is 308 Å². The van der Waals surface area contributed by atoms with Crippen LogP contribution < -0.4 is 0 Å². The second-order valence-corrected chi connectivity index (χ2v) is 36.0. The number of hydrogen-bond acceptors (Lipinski definition) is 6. The van der Waals surface area contributed by atoms with E-state index >= 15 is 0 Å². The van der Waals surface area contributed by atoms with E-state index in [2.05, 4.69) is 203 Å². The summed E-state index contributed by atoms with van der Waals surface area (Å²) in [7, 11) is -2.13. The summed E-state index contributed by atoms with van der Waals surface area (Å²) in [6.07, 6.45) is 37.9. The number of hydrogen-bond donors (Lipinski definition) is 3. The van der Waals surface area contributed by atoms with E-state index < -0.39 is 26.1 Å². The quantitative estimate of drug-likeness (QED) is 0.0273. The maximum Gasteiger partial charge on any atom is 0.487 e. The van der Waals surface area contributed by atoms with Crippen molar-refractivity contribution < 1.29 is 29.1 Å². The number of rotatable bonds is 36. The third kappa shape index (κ3) is 30.5. The van der Waals surface area contributed by atoms with Crippen molar-refractivity contribution >= 4 is 26.6 Å². The lowest BCUT2D eigenvalue weighted by molar-refractivity contribution is 0.00578. The van der Waals surface area contributed by atoms with Crippen molar-refractivity contribution in [1.29, 1.82) is 0 Å². The molecule has 4 rings (SSSR count). The summed E-state index contributed by atoms with van der Waals surface area (Å²) in [5.74, 6) is 5.50. The minimum atomic E-state index is -1.86. The number of benzene rings is 2. The SMILES string of the molecule is C#CC[C@@H](C)C[C@H](O[Si](C(C)C)(C(C)C)C(C)C)C(=C)C.C=C1/C(=C\C=C(/CCCCCCC)c2cccc(CCCCCC(C)(C)O)c2)C[C@@H](O)C[C@@H]1O.CCCCCCC/C(=C\B1OC(C)(C)C(C)(C)O1)c1cccc(CCCCCC(C)(C)C)c1. The molecule has 0 aromatic heterocycles. The number of aryl methyl sites for hydroxylation is 2. The minimum absolute atomic E-state index is 0.146. The van der Waals surface area contributed by atoms with Crippen LogP contribution >= 0.6 is 0 Å². The van der Waals surface area contributed by atoms with Crippen LogP contribution in [0.15, 0.2) is 96.5 Å². The number of unbranched alkanes of at least 4 members (excludes halogenated alkanes) is 12. The summed E-state index contributed by atoms with van der Waals surface area (Å²) in [5.41, 5.74) is 12.0. The first-order chi connectivity index (χ1) is 41.2. The van der Waals surface area contributed by atoms with E-state index in [0.29, 0.717) is 40.8 Å². The Morgan fingerprint density at radius 3 is 1.64 bits per heavy atom. The van der Waals surface area contributed by atoms with Crippen LogP contribution in [0.25, 0.3) is 11.1 Å². The molecule has 8 heteroatoms. The molecule has 4 atom stereocenters. The second kappa shape index (κ2) is 40.7. The van der Waals surface area contributed by atoms with Crippen molar-refractivity contribution in [3.8, 4) is 12.3 Å². The Bertz CT molecular complexity index is 2400. The van der Waals surface area contributed by atoms with Gasteiger partial charge < -0.3 is 29.1 Å². The Morgan fingerprint density at radius 2 is 1.18 bits per heavy atom. The average Bonchev–Trinajstić information content (AvgIpc) is 1.97. The predicted octanol–water partition coefficient (Wildman–Crippen LogP) is 22.7. The van der Waals surface area contributed by atoms with E-state index in [9.17, 15) is 15.3 Å². The molecule has 88 heavy (non-hydrogen) atoms. The van der Waals surface area contributed by atoms with Crippen molar-refractivity contribution in [1.82, 2.24) is 0 Å². The molecule has 1 aliphatic heterocycles. The molecule has 2 fully saturated rings. The molecule has 0 radical (unpaired) electrons. The lowest BCUT2D eigenvalue weighted by Crippen LogP contribution is -2.50. The third-order valence-corrected chi connectivity index (χ3v) is 25.0. The van der Waals surface area contributed by atoms with E-state index in [4.69, 9.17) is 20.2 Å². The van der Waals surface area contributed by atoms with Gasteiger partial charge in [-0.1, -0.05) is 246 Å². The van der Waals surface area contributed by atoms with E-state index in [1.807, 2.05) is 13.8 Å². The van der Waals surface area contributed by atoms with Gasteiger partial charge in [-0.2, -0.15) is 0 Å². The summed E-state index contributed by atoms with van der Waals surface area (Å²) >= 11 is 0. The molecule has 1 aliphatic carbocycles. The molecule has 2 aromatic rings. The molecule has 1 saturated carbocycles. The number of terminal acetylenes is 1. The van der Waals surface area contributed by atoms with Crippen LogP contribution in [-0.4, -0.2) is 65.9 Å². The first-order valence-corrected chi connectivity index (χ1v) is 37.5. The fourth-order valence-corrected chi connectivity index (χ4v) is 18.4. The first kappa shape index (κ1) is 80.8. The topological polar surface area (TPSA) is 88.4 Å². The second-order valence-electron chi connectivity index (χ2n) is 30.6. The number of allylic oxidation sites excluding steroid dienone is 4. The molecule has 498 valence electrons. The molecule has 6 nitrogen and oxygen atoms in total. The monoisotopic (exact) mass is 1230 g/mol. The highest BCUT2D eigenvalue weighted by Gasteiger charge is 2.50. The largest absolute Gasteiger partial charge is 0.487 e. The van der Waals surface area contributed by atoms with Crippen LogP contribution in [-0.2, 0) is 26.6 Å². The highest BCUT2D eigenvalue weighted by atomic mass is 28.4. The van der Waals surface area contributed by atoms with Gasteiger partial charge in [-0.05, 0) is 198 Å². The van der Waals surface area contributed by atoms with Crippen LogP contribution in [0.2, 0.25) is 16.6 Å². The van der Waals surface area contributed by atoms with Crippen LogP contribution in [0.5, 0.6) is 0 Å². The molecule has 2 aliphatic rings. The minimum Gasteiger partial charge on any atom is -0.409 e. The van der Waals surface area contributed by atoms with Crippen molar-refractivity contribution in [3.05, 3.63) is 119 Å².